The number of aliphatic hydroxyl groups is 1. The monoisotopic (exact) mass is 600 g/mol. The van der Waals surface area contributed by atoms with E-state index in [-0.39, 0.29) is 56.6 Å². The highest BCUT2D eigenvalue weighted by Crippen LogP contribution is 2.39. The Labute approximate surface area is 247 Å². The average Bonchev–Trinajstić information content (AvgIpc) is 3.47. The molecule has 4 atom stereocenters. The lowest BCUT2D eigenvalue weighted by molar-refractivity contribution is -0.138. The number of amides is 5. The summed E-state index contributed by atoms with van der Waals surface area (Å²) < 4.78 is 5.04. The molecule has 0 aliphatic carbocycles. The van der Waals surface area contributed by atoms with Crippen molar-refractivity contribution in [3.05, 3.63) is 0 Å². The van der Waals surface area contributed by atoms with Gasteiger partial charge >= 0.3 is 0 Å². The number of nitrogens with two attached hydrogens (primary N) is 1. The number of primary amides is 1. The fourth-order valence-corrected chi connectivity index (χ4v) is 6.74. The number of carbonyl (C=O) groups excluding carboxylic acids is 5. The van der Waals surface area contributed by atoms with Crippen LogP contribution in [-0.2, 0) is 28.7 Å². The number of ether oxygens (including phenoxy) is 1. The van der Waals surface area contributed by atoms with Gasteiger partial charge in [0, 0.05) is 50.9 Å². The predicted octanol–water partition coefficient (Wildman–Crippen LogP) is -1.18. The highest BCUT2D eigenvalue weighted by molar-refractivity contribution is 8.00. The number of nitrogens with zero attached hydrogens (tertiary/aromatic N) is 2. The maximum Gasteiger partial charge on any atom is 0.240 e. The zero-order valence-corrected chi connectivity index (χ0v) is 25.2. The molecule has 6 N–H and O–H groups in total. The van der Waals surface area contributed by atoms with E-state index in [9.17, 15) is 24.0 Å². The Morgan fingerprint density at radius 3 is 2.63 bits per heavy atom. The van der Waals surface area contributed by atoms with E-state index in [0.717, 1.165) is 25.0 Å². The largest absolute Gasteiger partial charge is 0.395 e. The number of likely N-dealkylation sites (N-methyl/N-ethyl adjacent to an activating group) is 1. The molecule has 2 fully saturated rings. The van der Waals surface area contributed by atoms with Gasteiger partial charge in [0.1, 0.15) is 6.04 Å². The van der Waals surface area contributed by atoms with Crippen molar-refractivity contribution in [3.8, 4) is 0 Å². The average molecular weight is 601 g/mol. The number of methoxy groups -OCH3 is 1. The van der Waals surface area contributed by atoms with E-state index < -0.39 is 17.9 Å². The first-order valence-corrected chi connectivity index (χ1v) is 15.5. The van der Waals surface area contributed by atoms with Crippen LogP contribution in [0.3, 0.4) is 0 Å². The molecule has 2 aliphatic rings. The van der Waals surface area contributed by atoms with Gasteiger partial charge in [0.2, 0.25) is 29.5 Å². The number of rotatable bonds is 21. The number of nitrogens with one attached hydrogen (secondary N) is 3. The quantitative estimate of drug-likeness (QED) is 0.101. The minimum Gasteiger partial charge on any atom is -0.395 e. The molecule has 0 bridgehead atoms. The van der Waals surface area contributed by atoms with Crippen molar-refractivity contribution in [1.82, 2.24) is 25.8 Å². The van der Waals surface area contributed by atoms with E-state index >= 15 is 0 Å². The van der Waals surface area contributed by atoms with Gasteiger partial charge in [0.25, 0.3) is 0 Å². The highest BCUT2D eigenvalue weighted by Gasteiger charge is 2.42. The molecular weight excluding hydrogens is 552 g/mol. The molecule has 0 saturated carbocycles. The molecule has 234 valence electrons. The standard InChI is InChI=1S/C27H48N6O7S/c1-32(11-13-34)17-25(38)33(12-14-40-2)16-24(37)30-20(27(28)39)7-5-6-10-29-22(35)9-4-3-8-21-26-19(18-41-21)15-23(36)31-26/h19-21,26,34H,3-18H2,1-2H3,(H2,28,39)(H,29,35)(H,30,37)(H,31,36)/t19-,20-,21?,26-/m0/s1. The second kappa shape index (κ2) is 18.9. The Hall–Kier alpha value is -2.42. The molecule has 2 aliphatic heterocycles. The second-order valence-electron chi connectivity index (χ2n) is 10.8. The molecule has 13 nitrogen and oxygen atoms in total. The van der Waals surface area contributed by atoms with Crippen LogP contribution >= 0.6 is 11.8 Å². The Morgan fingerprint density at radius 2 is 1.93 bits per heavy atom. The van der Waals surface area contributed by atoms with Gasteiger partial charge in [-0.3, -0.25) is 28.9 Å². The summed E-state index contributed by atoms with van der Waals surface area (Å²) in [7, 11) is 3.19. The normalized spacial score (nSPS) is 20.4. The van der Waals surface area contributed by atoms with E-state index in [2.05, 4.69) is 16.0 Å². The van der Waals surface area contributed by atoms with Gasteiger partial charge < -0.3 is 36.4 Å². The molecular formula is C27H48N6O7S. The molecule has 41 heavy (non-hydrogen) atoms. The van der Waals surface area contributed by atoms with Gasteiger partial charge in [-0.05, 0) is 50.8 Å². The first-order chi connectivity index (χ1) is 19.6. The van der Waals surface area contributed by atoms with Crippen LogP contribution in [0.4, 0.5) is 0 Å². The molecule has 2 saturated heterocycles. The fourth-order valence-electron chi connectivity index (χ4n) is 5.09. The molecule has 1 unspecified atom stereocenters. The lowest BCUT2D eigenvalue weighted by Gasteiger charge is -2.25. The third-order valence-electron chi connectivity index (χ3n) is 7.41. The molecule has 0 radical (unpaired) electrons. The van der Waals surface area contributed by atoms with E-state index in [4.69, 9.17) is 15.6 Å². The minimum atomic E-state index is -0.882. The van der Waals surface area contributed by atoms with Crippen LogP contribution in [0.25, 0.3) is 0 Å². The third kappa shape index (κ3) is 13.0. The molecule has 0 spiro atoms. The van der Waals surface area contributed by atoms with Gasteiger partial charge in [0.15, 0.2) is 0 Å². The maximum absolute atomic E-state index is 12.6. The van der Waals surface area contributed by atoms with E-state index in [1.807, 2.05) is 11.8 Å². The number of aliphatic hydroxyl groups excluding tert-OH is 1. The number of hydrogen-bond acceptors (Lipinski definition) is 9. The first kappa shape index (κ1) is 34.8. The predicted molar refractivity (Wildman–Crippen MR) is 156 cm³/mol. The number of thioether (sulfide) groups is 1. The van der Waals surface area contributed by atoms with Crippen LogP contribution in [0.5, 0.6) is 0 Å². The van der Waals surface area contributed by atoms with Crippen molar-refractivity contribution in [2.75, 3.05) is 65.8 Å². The zero-order chi connectivity index (χ0) is 30.2. The summed E-state index contributed by atoms with van der Waals surface area (Å²) in [6.07, 6.45) is 5.35. The number of unbranched alkanes of at least 4 members (excludes halogenated alkanes) is 2. The van der Waals surface area contributed by atoms with Crippen LogP contribution in [0.2, 0.25) is 0 Å². The van der Waals surface area contributed by atoms with Gasteiger partial charge in [-0.25, -0.2) is 0 Å². The first-order valence-electron chi connectivity index (χ1n) is 14.5. The number of carbonyl (C=O) groups is 5. The lowest BCUT2D eigenvalue weighted by Crippen LogP contribution is -2.50. The number of hydrogen-bond donors (Lipinski definition) is 5. The van der Waals surface area contributed by atoms with Gasteiger partial charge in [0.05, 0.1) is 26.3 Å². The smallest absolute Gasteiger partial charge is 0.240 e. The van der Waals surface area contributed by atoms with Crippen LogP contribution in [0.15, 0.2) is 0 Å². The Balaban J connectivity index is 1.62. The van der Waals surface area contributed by atoms with E-state index in [0.29, 0.717) is 56.4 Å². The Bertz CT molecular complexity index is 879. The third-order valence-corrected chi connectivity index (χ3v) is 8.99. The topological polar surface area (TPSA) is 183 Å². The van der Waals surface area contributed by atoms with Crippen LogP contribution < -0.4 is 21.7 Å². The van der Waals surface area contributed by atoms with Crippen LogP contribution in [-0.4, -0.2) is 128 Å². The summed E-state index contributed by atoms with van der Waals surface area (Å²) in [4.78, 5) is 63.9. The van der Waals surface area contributed by atoms with Gasteiger partial charge in [-0.2, -0.15) is 11.8 Å². The van der Waals surface area contributed by atoms with Crippen molar-refractivity contribution in [1.29, 1.82) is 0 Å². The molecule has 5 amide bonds. The molecule has 2 heterocycles. The summed E-state index contributed by atoms with van der Waals surface area (Å²) in [5, 5.41) is 18.1. The van der Waals surface area contributed by atoms with Crippen LogP contribution in [0, 0.1) is 5.92 Å². The Kier molecular flexibility index (Phi) is 16.0. The summed E-state index contributed by atoms with van der Waals surface area (Å²) in [5.41, 5.74) is 5.49. The molecule has 14 heteroatoms. The van der Waals surface area contributed by atoms with E-state index in [1.165, 1.54) is 12.0 Å². The number of fused-ring (bicyclic) bond motifs is 1. The summed E-state index contributed by atoms with van der Waals surface area (Å²) >= 11 is 1.93. The van der Waals surface area contributed by atoms with Crippen LogP contribution in [0.1, 0.15) is 51.4 Å². The van der Waals surface area contributed by atoms with Gasteiger partial charge in [-0.1, -0.05) is 6.42 Å². The second-order valence-corrected chi connectivity index (χ2v) is 12.1. The van der Waals surface area contributed by atoms with Crippen molar-refractivity contribution in [3.63, 3.8) is 0 Å². The molecule has 2 rings (SSSR count). The lowest BCUT2D eigenvalue weighted by atomic mass is 9.97. The summed E-state index contributed by atoms with van der Waals surface area (Å²) in [6.45, 7) is 0.932. The summed E-state index contributed by atoms with van der Waals surface area (Å²) in [6, 6.07) is -0.593. The van der Waals surface area contributed by atoms with Crippen molar-refractivity contribution in [2.45, 2.75) is 68.7 Å². The van der Waals surface area contributed by atoms with Gasteiger partial charge in [-0.15, -0.1) is 0 Å². The van der Waals surface area contributed by atoms with Crippen molar-refractivity contribution >= 4 is 41.3 Å². The highest BCUT2D eigenvalue weighted by atomic mass is 32.2. The SMILES string of the molecule is COCCN(CC(=O)N[C@@H](CCCCNC(=O)CCCCC1SC[C@@H]2CC(=O)N[C@H]12)C(N)=O)C(=O)CN(C)CCO. The minimum absolute atomic E-state index is 0.0127. The maximum atomic E-state index is 12.6. The van der Waals surface area contributed by atoms with Crippen molar-refractivity contribution in [2.24, 2.45) is 11.7 Å². The van der Waals surface area contributed by atoms with E-state index in [1.54, 1.807) is 11.9 Å². The molecule has 0 aromatic heterocycles. The Morgan fingerprint density at radius 1 is 1.15 bits per heavy atom. The van der Waals surface area contributed by atoms with Crippen molar-refractivity contribution < 1.29 is 33.8 Å². The zero-order valence-electron chi connectivity index (χ0n) is 24.4. The fraction of sp³-hybridized carbons (Fsp3) is 0.815. The molecule has 0 aromatic rings. The molecule has 0 aromatic carbocycles. The summed E-state index contributed by atoms with van der Waals surface area (Å²) in [5.74, 6) is 0.171.